The molecule has 2 heterocycles. The number of hydrogen-bond donors (Lipinski definition) is 1. The lowest BCUT2D eigenvalue weighted by molar-refractivity contribution is -0.162. The molecule has 1 N–H and O–H groups in total. The smallest absolute Gasteiger partial charge is 0.332 e. The molecule has 0 aromatic heterocycles. The molecule has 6 nitrogen and oxygen atoms in total. The second kappa shape index (κ2) is 4.51. The van der Waals surface area contributed by atoms with Crippen LogP contribution in [0.3, 0.4) is 0 Å². The number of carbonyl (C=O) groups excluding carboxylic acids is 2. The van der Waals surface area contributed by atoms with E-state index in [2.05, 4.69) is 0 Å². The molecule has 2 fully saturated rings. The van der Waals surface area contributed by atoms with Gasteiger partial charge < -0.3 is 14.9 Å². The van der Waals surface area contributed by atoms with Crippen molar-refractivity contribution in [2.24, 2.45) is 0 Å². The molecule has 0 bridgehead atoms. The Morgan fingerprint density at radius 2 is 2.11 bits per heavy atom. The van der Waals surface area contributed by atoms with Gasteiger partial charge in [0.05, 0.1) is 12.5 Å². The summed E-state index contributed by atoms with van der Waals surface area (Å²) >= 11 is 0. The lowest BCUT2D eigenvalue weighted by Gasteiger charge is -2.43. The second-order valence-electron chi connectivity index (χ2n) is 5.63. The number of nitrogens with zero attached hydrogens (tertiary/aromatic N) is 2. The van der Waals surface area contributed by atoms with Crippen molar-refractivity contribution in [3.63, 3.8) is 0 Å². The number of hydrogen-bond acceptors (Lipinski definition) is 3. The van der Waals surface area contributed by atoms with Gasteiger partial charge in [-0.15, -0.1) is 0 Å². The molecule has 0 spiro atoms. The predicted molar refractivity (Wildman–Crippen MR) is 67.4 cm³/mol. The first kappa shape index (κ1) is 13.8. The van der Waals surface area contributed by atoms with Crippen molar-refractivity contribution in [3.8, 4) is 0 Å². The number of aliphatic carboxylic acids is 1. The zero-order chi connectivity index (χ0) is 14.4. The van der Waals surface area contributed by atoms with Gasteiger partial charge >= 0.3 is 5.97 Å². The first-order valence-electron chi connectivity index (χ1n) is 6.65. The first-order valence-corrected chi connectivity index (χ1v) is 6.65. The van der Waals surface area contributed by atoms with Crippen LogP contribution in [0.1, 0.15) is 40.0 Å². The Bertz CT molecular complexity index is 434. The minimum atomic E-state index is -1.40. The molecule has 19 heavy (non-hydrogen) atoms. The lowest BCUT2D eigenvalue weighted by atomic mass is 9.85. The molecule has 2 aliphatic heterocycles. The molecular weight excluding hydrogens is 248 g/mol. The summed E-state index contributed by atoms with van der Waals surface area (Å²) in [6, 6.07) is -0.634. The van der Waals surface area contributed by atoms with Gasteiger partial charge in [0.25, 0.3) is 0 Å². The third-order valence-electron chi connectivity index (χ3n) is 4.20. The van der Waals surface area contributed by atoms with E-state index in [1.165, 1.54) is 11.8 Å². The highest BCUT2D eigenvalue weighted by atomic mass is 16.4. The maximum atomic E-state index is 12.1. The molecular formula is C13H20N2O4. The SMILES string of the molecule is CC(=O)N(C(C)C)C1(C(=O)O)CC(=O)N2CCCC21. The Kier molecular flexibility index (Phi) is 3.28. The summed E-state index contributed by atoms with van der Waals surface area (Å²) in [5.74, 6) is -1.52. The van der Waals surface area contributed by atoms with Crippen LogP contribution < -0.4 is 0 Å². The number of rotatable bonds is 3. The van der Waals surface area contributed by atoms with Crippen molar-refractivity contribution in [1.29, 1.82) is 0 Å². The van der Waals surface area contributed by atoms with Crippen molar-refractivity contribution in [1.82, 2.24) is 9.80 Å². The Labute approximate surface area is 112 Å². The fourth-order valence-corrected chi connectivity index (χ4v) is 3.68. The summed E-state index contributed by atoms with van der Waals surface area (Å²) in [7, 11) is 0. The first-order chi connectivity index (χ1) is 8.82. The summed E-state index contributed by atoms with van der Waals surface area (Å²) < 4.78 is 0. The van der Waals surface area contributed by atoms with Crippen molar-refractivity contribution >= 4 is 17.8 Å². The number of fused-ring (bicyclic) bond motifs is 1. The highest BCUT2D eigenvalue weighted by Gasteiger charge is 2.62. The van der Waals surface area contributed by atoms with E-state index in [1.807, 2.05) is 0 Å². The quantitative estimate of drug-likeness (QED) is 0.806. The molecule has 6 heteroatoms. The van der Waals surface area contributed by atoms with E-state index in [-0.39, 0.29) is 30.3 Å². The van der Waals surface area contributed by atoms with Gasteiger partial charge in [0.15, 0.2) is 5.54 Å². The average molecular weight is 268 g/mol. The van der Waals surface area contributed by atoms with Crippen molar-refractivity contribution in [3.05, 3.63) is 0 Å². The van der Waals surface area contributed by atoms with E-state index in [0.29, 0.717) is 13.0 Å². The standard InChI is InChI=1S/C13H20N2O4/c1-8(2)15(9(3)16)13(12(18)19)7-11(17)14-6-4-5-10(13)14/h8,10H,4-7H2,1-3H3,(H,18,19). The van der Waals surface area contributed by atoms with Crippen molar-refractivity contribution < 1.29 is 19.5 Å². The fraction of sp³-hybridized carbons (Fsp3) is 0.769. The highest BCUT2D eigenvalue weighted by molar-refractivity contribution is 5.96. The normalized spacial score (nSPS) is 29.8. The largest absolute Gasteiger partial charge is 0.479 e. The molecule has 2 rings (SSSR count). The van der Waals surface area contributed by atoms with Crippen LogP contribution >= 0.6 is 0 Å². The van der Waals surface area contributed by atoms with Gasteiger partial charge in [-0.25, -0.2) is 4.79 Å². The molecule has 2 saturated heterocycles. The topological polar surface area (TPSA) is 77.9 Å². The molecule has 106 valence electrons. The molecule has 2 amide bonds. The molecule has 0 saturated carbocycles. The van der Waals surface area contributed by atoms with Gasteiger partial charge in [0.1, 0.15) is 0 Å². The van der Waals surface area contributed by atoms with Crippen LogP contribution in [-0.2, 0) is 14.4 Å². The predicted octanol–water partition coefficient (Wildman–Crippen LogP) is 0.461. The van der Waals surface area contributed by atoms with E-state index in [9.17, 15) is 19.5 Å². The van der Waals surface area contributed by atoms with Gasteiger partial charge in [-0.2, -0.15) is 0 Å². The molecule has 0 radical (unpaired) electrons. The third kappa shape index (κ3) is 1.81. The lowest BCUT2D eigenvalue weighted by Crippen LogP contribution is -2.64. The fourth-order valence-electron chi connectivity index (χ4n) is 3.68. The summed E-state index contributed by atoms with van der Waals surface area (Å²) in [5, 5.41) is 9.72. The molecule has 2 aliphatic rings. The number of carboxylic acids is 1. The summed E-state index contributed by atoms with van der Waals surface area (Å²) in [6.07, 6.45) is 1.34. The van der Waals surface area contributed by atoms with Gasteiger partial charge in [0, 0.05) is 19.5 Å². The molecule has 0 aromatic carbocycles. The summed E-state index contributed by atoms with van der Waals surface area (Å²) in [6.45, 7) is 5.54. The van der Waals surface area contributed by atoms with Crippen LogP contribution in [0.5, 0.6) is 0 Å². The van der Waals surface area contributed by atoms with Gasteiger partial charge in [-0.05, 0) is 26.7 Å². The second-order valence-corrected chi connectivity index (χ2v) is 5.63. The molecule has 2 atom stereocenters. The summed E-state index contributed by atoms with van der Waals surface area (Å²) in [4.78, 5) is 38.9. The maximum Gasteiger partial charge on any atom is 0.332 e. The van der Waals surface area contributed by atoms with Gasteiger partial charge in [-0.3, -0.25) is 9.59 Å². The minimum Gasteiger partial charge on any atom is -0.479 e. The Morgan fingerprint density at radius 1 is 1.47 bits per heavy atom. The Morgan fingerprint density at radius 3 is 2.58 bits per heavy atom. The highest BCUT2D eigenvalue weighted by Crippen LogP contribution is 2.42. The number of amides is 2. The van der Waals surface area contributed by atoms with E-state index in [4.69, 9.17) is 0 Å². The zero-order valence-corrected chi connectivity index (χ0v) is 11.5. The Balaban J connectivity index is 2.52. The van der Waals surface area contributed by atoms with E-state index in [0.717, 1.165) is 6.42 Å². The Hall–Kier alpha value is -1.59. The van der Waals surface area contributed by atoms with E-state index >= 15 is 0 Å². The van der Waals surface area contributed by atoms with Crippen LogP contribution in [0.15, 0.2) is 0 Å². The molecule has 0 aliphatic carbocycles. The summed E-state index contributed by atoms with van der Waals surface area (Å²) in [5.41, 5.74) is -1.40. The van der Waals surface area contributed by atoms with Crippen LogP contribution in [0.25, 0.3) is 0 Å². The van der Waals surface area contributed by atoms with Crippen molar-refractivity contribution in [2.45, 2.75) is 57.7 Å². The average Bonchev–Trinajstić information content (AvgIpc) is 2.82. The van der Waals surface area contributed by atoms with Gasteiger partial charge in [0.2, 0.25) is 11.8 Å². The number of carbonyl (C=O) groups is 3. The maximum absolute atomic E-state index is 12.1. The van der Waals surface area contributed by atoms with Crippen molar-refractivity contribution in [2.75, 3.05) is 6.54 Å². The monoisotopic (exact) mass is 268 g/mol. The molecule has 2 unspecified atom stereocenters. The van der Waals surface area contributed by atoms with Crippen LogP contribution in [-0.4, -0.2) is 56.9 Å². The minimum absolute atomic E-state index is 0.106. The van der Waals surface area contributed by atoms with E-state index in [1.54, 1.807) is 18.7 Å². The van der Waals surface area contributed by atoms with Crippen LogP contribution in [0, 0.1) is 0 Å². The van der Waals surface area contributed by atoms with Crippen LogP contribution in [0.2, 0.25) is 0 Å². The third-order valence-corrected chi connectivity index (χ3v) is 4.20. The van der Waals surface area contributed by atoms with E-state index < -0.39 is 11.5 Å². The van der Waals surface area contributed by atoms with Gasteiger partial charge in [-0.1, -0.05) is 0 Å². The zero-order valence-electron chi connectivity index (χ0n) is 11.5. The van der Waals surface area contributed by atoms with Crippen LogP contribution in [0.4, 0.5) is 0 Å². The molecule has 0 aromatic rings. The number of carboxylic acid groups (broad SMARTS) is 1.